The minimum absolute atomic E-state index is 0.0681. The van der Waals surface area contributed by atoms with E-state index in [0.717, 1.165) is 0 Å². The maximum absolute atomic E-state index is 12.8. The predicted molar refractivity (Wildman–Crippen MR) is 110 cm³/mol. The first-order valence-corrected chi connectivity index (χ1v) is 9.72. The number of benzene rings is 1. The second-order valence-corrected chi connectivity index (χ2v) is 7.21. The van der Waals surface area contributed by atoms with Crippen LogP contribution < -0.4 is 16.0 Å². The molecule has 1 radical (unpaired) electrons. The number of hydrogen-bond acceptors (Lipinski definition) is 6. The summed E-state index contributed by atoms with van der Waals surface area (Å²) in [7, 11) is 0. The van der Waals surface area contributed by atoms with E-state index >= 15 is 0 Å². The molecule has 0 saturated carbocycles. The predicted octanol–water partition coefficient (Wildman–Crippen LogP) is 1.10. The van der Waals surface area contributed by atoms with Gasteiger partial charge in [-0.25, -0.2) is 4.79 Å². The number of hydrogen-bond donors (Lipinski definition) is 4. The summed E-state index contributed by atoms with van der Waals surface area (Å²) in [4.78, 5) is 48.6. The van der Waals surface area contributed by atoms with Crippen molar-refractivity contribution < 1.29 is 29.0 Å². The first-order chi connectivity index (χ1) is 14.0. The van der Waals surface area contributed by atoms with Crippen molar-refractivity contribution in [1.82, 2.24) is 16.0 Å². The van der Waals surface area contributed by atoms with Gasteiger partial charge in [0.05, 0.1) is 12.6 Å². The molecule has 0 heterocycles. The van der Waals surface area contributed by atoms with Crippen LogP contribution in [0, 0.1) is 12.8 Å². The van der Waals surface area contributed by atoms with E-state index in [9.17, 15) is 24.3 Å². The third kappa shape index (κ3) is 8.10. The molecule has 4 N–H and O–H groups in total. The molecule has 9 nitrogen and oxygen atoms in total. The maximum atomic E-state index is 12.8. The lowest BCUT2D eigenvalue weighted by Crippen LogP contribution is -2.56. The van der Waals surface area contributed by atoms with Gasteiger partial charge in [-0.1, -0.05) is 26.0 Å². The molecular formula is C21H30N3O6. The van der Waals surface area contributed by atoms with E-state index in [2.05, 4.69) is 22.9 Å². The third-order valence-electron chi connectivity index (χ3n) is 4.32. The molecule has 3 atom stereocenters. The Bertz CT molecular complexity index is 748. The number of phenolic OH excluding ortho intramolecular Hbond substituents is 1. The SMILES string of the molecule is [CH2]C(=O)[C@@H](NC(=O)[C@H](Cc1ccc(O)cc1)NC(=O)[C@H](C)NC(=O)OCC)C(C)C. The van der Waals surface area contributed by atoms with Gasteiger partial charge in [-0.2, -0.15) is 0 Å². The van der Waals surface area contributed by atoms with Gasteiger partial charge in [-0.15, -0.1) is 0 Å². The Labute approximate surface area is 176 Å². The normalized spacial score (nSPS) is 13.7. The highest BCUT2D eigenvalue weighted by atomic mass is 16.5. The van der Waals surface area contributed by atoms with Gasteiger partial charge in [0.1, 0.15) is 17.8 Å². The smallest absolute Gasteiger partial charge is 0.407 e. The summed E-state index contributed by atoms with van der Waals surface area (Å²) in [5.41, 5.74) is 0.682. The summed E-state index contributed by atoms with van der Waals surface area (Å²) in [6, 6.07) is 3.40. The summed E-state index contributed by atoms with van der Waals surface area (Å²) in [6.07, 6.45) is -0.637. The molecular weight excluding hydrogens is 390 g/mol. The summed E-state index contributed by atoms with van der Waals surface area (Å²) in [6.45, 7) is 10.2. The number of ether oxygens (including phenoxy) is 1. The van der Waals surface area contributed by atoms with Crippen molar-refractivity contribution in [2.75, 3.05) is 6.61 Å². The number of carbonyl (C=O) groups excluding carboxylic acids is 4. The van der Waals surface area contributed by atoms with E-state index in [4.69, 9.17) is 4.74 Å². The Hall–Kier alpha value is -3.10. The molecule has 0 aromatic heterocycles. The lowest BCUT2D eigenvalue weighted by atomic mass is 9.99. The highest BCUT2D eigenvalue weighted by Gasteiger charge is 2.28. The van der Waals surface area contributed by atoms with Gasteiger partial charge in [0, 0.05) is 13.3 Å². The Morgan fingerprint density at radius 3 is 2.10 bits per heavy atom. The third-order valence-corrected chi connectivity index (χ3v) is 4.32. The van der Waals surface area contributed by atoms with Gasteiger partial charge in [0.15, 0.2) is 5.78 Å². The lowest BCUT2D eigenvalue weighted by molar-refractivity contribution is -0.131. The molecule has 3 amide bonds. The Kier molecular flexibility index (Phi) is 9.80. The van der Waals surface area contributed by atoms with Crippen LogP contribution in [0.4, 0.5) is 4.79 Å². The monoisotopic (exact) mass is 420 g/mol. The van der Waals surface area contributed by atoms with Crippen LogP contribution in [0.3, 0.4) is 0 Å². The van der Waals surface area contributed by atoms with Crippen molar-refractivity contribution >= 4 is 23.7 Å². The number of amides is 3. The molecule has 0 saturated heterocycles. The lowest BCUT2D eigenvalue weighted by Gasteiger charge is -2.25. The van der Waals surface area contributed by atoms with Crippen molar-refractivity contribution in [1.29, 1.82) is 0 Å². The Morgan fingerprint density at radius 2 is 1.60 bits per heavy atom. The van der Waals surface area contributed by atoms with Crippen LogP contribution in [0.15, 0.2) is 24.3 Å². The highest BCUT2D eigenvalue weighted by molar-refractivity contribution is 5.95. The van der Waals surface area contributed by atoms with Crippen LogP contribution in [0.2, 0.25) is 0 Å². The van der Waals surface area contributed by atoms with Crippen LogP contribution >= 0.6 is 0 Å². The van der Waals surface area contributed by atoms with E-state index in [0.29, 0.717) is 5.56 Å². The number of ketones is 1. The molecule has 0 aliphatic rings. The summed E-state index contributed by atoms with van der Waals surface area (Å²) in [5.74, 6) is -1.71. The zero-order valence-corrected chi connectivity index (χ0v) is 17.7. The molecule has 1 aromatic rings. The first kappa shape index (κ1) is 24.9. The fraction of sp³-hybridized carbons (Fsp3) is 0.476. The van der Waals surface area contributed by atoms with E-state index < -0.39 is 41.8 Å². The molecule has 165 valence electrons. The number of aromatic hydroxyl groups is 1. The average Bonchev–Trinajstić information content (AvgIpc) is 2.66. The summed E-state index contributed by atoms with van der Waals surface area (Å²) < 4.78 is 4.75. The molecule has 0 aliphatic heterocycles. The quantitative estimate of drug-likeness (QED) is 0.448. The molecule has 0 unspecified atom stereocenters. The van der Waals surface area contributed by atoms with Crippen molar-refractivity contribution in [3.63, 3.8) is 0 Å². The van der Waals surface area contributed by atoms with Gasteiger partial charge in [0.25, 0.3) is 0 Å². The Morgan fingerprint density at radius 1 is 1.00 bits per heavy atom. The number of phenols is 1. The number of alkyl carbamates (subject to hydrolysis) is 1. The van der Waals surface area contributed by atoms with Crippen molar-refractivity contribution in [2.24, 2.45) is 5.92 Å². The van der Waals surface area contributed by atoms with Gasteiger partial charge >= 0.3 is 6.09 Å². The molecule has 0 bridgehead atoms. The zero-order chi connectivity index (χ0) is 22.8. The second-order valence-electron chi connectivity index (χ2n) is 7.21. The number of nitrogens with one attached hydrogen (secondary N) is 3. The van der Waals surface area contributed by atoms with E-state index in [1.807, 2.05) is 0 Å². The average molecular weight is 420 g/mol. The van der Waals surface area contributed by atoms with Crippen LogP contribution in [0.5, 0.6) is 5.75 Å². The Balaban J connectivity index is 2.97. The molecule has 0 aliphatic carbocycles. The van der Waals surface area contributed by atoms with Crippen molar-refractivity contribution in [2.45, 2.75) is 52.2 Å². The summed E-state index contributed by atoms with van der Waals surface area (Å²) >= 11 is 0. The fourth-order valence-electron chi connectivity index (χ4n) is 2.66. The minimum atomic E-state index is -1.02. The topological polar surface area (TPSA) is 134 Å². The molecule has 1 aromatic carbocycles. The van der Waals surface area contributed by atoms with Crippen LogP contribution in [-0.2, 0) is 25.5 Å². The maximum Gasteiger partial charge on any atom is 0.407 e. The standard InChI is InChI=1S/C21H30N3O6/c1-6-30-21(29)22-13(4)19(27)23-17(11-15-7-9-16(26)10-8-15)20(28)24-18(12(2)3)14(5)25/h7-10,12-13,17-18,26H,5-6,11H2,1-4H3,(H,22,29)(H,23,27)(H,24,28)/t13-,17-,18-/m0/s1. The minimum Gasteiger partial charge on any atom is -0.508 e. The number of carbonyl (C=O) groups is 4. The molecule has 1 rings (SSSR count). The molecule has 0 fully saturated rings. The van der Waals surface area contributed by atoms with Gasteiger partial charge in [0.2, 0.25) is 11.8 Å². The van der Waals surface area contributed by atoms with E-state index in [1.165, 1.54) is 19.1 Å². The van der Waals surface area contributed by atoms with Gasteiger partial charge < -0.3 is 25.8 Å². The summed E-state index contributed by atoms with van der Waals surface area (Å²) in [5, 5.41) is 17.0. The molecule has 0 spiro atoms. The number of rotatable bonds is 10. The van der Waals surface area contributed by atoms with Gasteiger partial charge in [-0.3, -0.25) is 14.4 Å². The van der Waals surface area contributed by atoms with Crippen LogP contribution in [0.1, 0.15) is 33.3 Å². The zero-order valence-electron chi connectivity index (χ0n) is 17.7. The largest absolute Gasteiger partial charge is 0.508 e. The fourth-order valence-corrected chi connectivity index (χ4v) is 2.66. The molecule has 30 heavy (non-hydrogen) atoms. The second kappa shape index (κ2) is 11.8. The highest BCUT2D eigenvalue weighted by Crippen LogP contribution is 2.12. The first-order valence-electron chi connectivity index (χ1n) is 9.72. The van der Waals surface area contributed by atoms with Crippen LogP contribution in [0.25, 0.3) is 0 Å². The van der Waals surface area contributed by atoms with Crippen LogP contribution in [-0.4, -0.2) is 53.5 Å². The van der Waals surface area contributed by atoms with Crippen molar-refractivity contribution in [3.05, 3.63) is 36.8 Å². The van der Waals surface area contributed by atoms with Crippen molar-refractivity contribution in [3.8, 4) is 5.75 Å². The van der Waals surface area contributed by atoms with Gasteiger partial charge in [-0.05, 0) is 37.5 Å². The molecule has 9 heteroatoms. The van der Waals surface area contributed by atoms with E-state index in [-0.39, 0.29) is 24.7 Å². The number of Topliss-reactive ketones (excluding diaryl/α,β-unsaturated/α-hetero) is 1. The van der Waals surface area contributed by atoms with E-state index in [1.54, 1.807) is 32.9 Å².